The summed E-state index contributed by atoms with van der Waals surface area (Å²) in [6.45, 7) is 4.35. The van der Waals surface area contributed by atoms with E-state index in [9.17, 15) is 0 Å². The van der Waals surface area contributed by atoms with E-state index in [4.69, 9.17) is 29.3 Å². The molecule has 1 aromatic carbocycles. The van der Waals surface area contributed by atoms with Crippen LogP contribution in [0.4, 0.5) is 0 Å². The Balaban J connectivity index is 1.79. The first-order valence-electron chi connectivity index (χ1n) is 6.35. The molecule has 3 heterocycles. The second-order valence-corrected chi connectivity index (χ2v) is 6.95. The zero-order valence-electron chi connectivity index (χ0n) is 10.5. The Morgan fingerprint density at radius 3 is 2.26 bits per heavy atom. The standard InChI is InChI=1S/C12H16ClNO4Si/c13-11-2-1-3-12(10-11)18-19-15-7-4-14(5-8-16-19)6-9-17-19/h1-3,10H,4-9H2. The van der Waals surface area contributed by atoms with Crippen LogP contribution in [0.15, 0.2) is 24.3 Å². The summed E-state index contributed by atoms with van der Waals surface area (Å²) >= 11 is 5.96. The third-order valence-electron chi connectivity index (χ3n) is 3.10. The number of halogens is 1. The van der Waals surface area contributed by atoms with Crippen LogP contribution in [0, 0.1) is 0 Å². The lowest BCUT2D eigenvalue weighted by atomic mass is 10.3. The van der Waals surface area contributed by atoms with Gasteiger partial charge < -0.3 is 17.7 Å². The van der Waals surface area contributed by atoms with Gasteiger partial charge in [-0.25, -0.2) is 0 Å². The molecule has 0 aliphatic carbocycles. The van der Waals surface area contributed by atoms with Gasteiger partial charge in [-0.15, -0.1) is 0 Å². The quantitative estimate of drug-likeness (QED) is 0.775. The maximum Gasteiger partial charge on any atom is 0.749 e. The lowest BCUT2D eigenvalue weighted by Crippen LogP contribution is -2.59. The van der Waals surface area contributed by atoms with Crippen molar-refractivity contribution in [3.63, 3.8) is 0 Å². The van der Waals surface area contributed by atoms with E-state index in [1.807, 2.05) is 12.1 Å². The summed E-state index contributed by atoms with van der Waals surface area (Å²) in [6.07, 6.45) is 0. The Morgan fingerprint density at radius 2 is 1.68 bits per heavy atom. The maximum absolute atomic E-state index is 5.96. The van der Waals surface area contributed by atoms with Gasteiger partial charge >= 0.3 is 9.05 Å². The first-order chi connectivity index (χ1) is 9.26. The van der Waals surface area contributed by atoms with Gasteiger partial charge in [0.2, 0.25) is 0 Å². The van der Waals surface area contributed by atoms with Crippen molar-refractivity contribution in [2.24, 2.45) is 0 Å². The highest BCUT2D eigenvalue weighted by atomic mass is 35.5. The van der Waals surface area contributed by atoms with Crippen LogP contribution in [-0.2, 0) is 13.3 Å². The molecule has 0 spiro atoms. The van der Waals surface area contributed by atoms with E-state index in [1.165, 1.54) is 0 Å². The van der Waals surface area contributed by atoms with Gasteiger partial charge in [-0.05, 0) is 18.2 Å². The zero-order valence-corrected chi connectivity index (χ0v) is 12.3. The SMILES string of the molecule is Clc1cccc(O[Si]23OCCN(CCO2)CCO3)c1. The number of hydrogen-bond donors (Lipinski definition) is 0. The summed E-state index contributed by atoms with van der Waals surface area (Å²) in [4.78, 5) is 2.26. The van der Waals surface area contributed by atoms with Crippen molar-refractivity contribution in [1.82, 2.24) is 4.90 Å². The molecule has 3 fully saturated rings. The van der Waals surface area contributed by atoms with Crippen molar-refractivity contribution in [3.8, 4) is 5.75 Å². The Bertz CT molecular complexity index is 421. The van der Waals surface area contributed by atoms with Crippen LogP contribution in [-0.4, -0.2) is 53.4 Å². The van der Waals surface area contributed by atoms with Gasteiger partial charge in [0.1, 0.15) is 5.75 Å². The molecule has 1 aromatic rings. The third kappa shape index (κ3) is 3.28. The maximum atomic E-state index is 5.96. The fourth-order valence-corrected chi connectivity index (χ4v) is 4.17. The molecule has 0 radical (unpaired) electrons. The summed E-state index contributed by atoms with van der Waals surface area (Å²) in [5.74, 6) is 0.622. The summed E-state index contributed by atoms with van der Waals surface area (Å²) in [5, 5.41) is 0.616. The summed E-state index contributed by atoms with van der Waals surface area (Å²) in [7, 11) is -3.08. The molecule has 0 saturated carbocycles. The highest BCUT2D eigenvalue weighted by molar-refractivity contribution is 6.54. The molecule has 0 unspecified atom stereocenters. The second kappa shape index (κ2) is 5.78. The topological polar surface area (TPSA) is 40.2 Å². The smallest absolute Gasteiger partial charge is 0.480 e. The lowest BCUT2D eigenvalue weighted by Gasteiger charge is -2.36. The molecular formula is C12H16ClNO4Si. The molecule has 0 aromatic heterocycles. The normalized spacial score (nSPS) is 31.3. The molecule has 3 aliphatic rings. The van der Waals surface area contributed by atoms with Crippen LogP contribution in [0.1, 0.15) is 0 Å². The minimum Gasteiger partial charge on any atom is -0.480 e. The van der Waals surface area contributed by atoms with E-state index in [1.54, 1.807) is 12.1 Å². The van der Waals surface area contributed by atoms with E-state index in [0.29, 0.717) is 30.6 Å². The average molecular weight is 302 g/mol. The number of fused-ring (bicyclic) bond motifs is 6. The Labute approximate surface area is 118 Å². The van der Waals surface area contributed by atoms with Crippen molar-refractivity contribution in [1.29, 1.82) is 0 Å². The second-order valence-electron chi connectivity index (χ2n) is 4.45. The van der Waals surface area contributed by atoms with Crippen molar-refractivity contribution < 1.29 is 17.7 Å². The van der Waals surface area contributed by atoms with Gasteiger partial charge in [0.25, 0.3) is 0 Å². The van der Waals surface area contributed by atoms with Gasteiger partial charge in [0.05, 0.1) is 19.8 Å². The zero-order chi connectivity index (χ0) is 13.1. The van der Waals surface area contributed by atoms with Gasteiger partial charge in [0.15, 0.2) is 0 Å². The van der Waals surface area contributed by atoms with Crippen LogP contribution in [0.3, 0.4) is 0 Å². The molecule has 0 N–H and O–H groups in total. The van der Waals surface area contributed by atoms with Crippen molar-refractivity contribution >= 4 is 20.6 Å². The molecule has 0 amide bonds. The molecule has 5 nitrogen and oxygen atoms in total. The third-order valence-corrected chi connectivity index (χ3v) is 5.49. The molecule has 4 rings (SSSR count). The lowest BCUT2D eigenvalue weighted by molar-refractivity contribution is -0.0495. The van der Waals surface area contributed by atoms with Gasteiger partial charge in [0, 0.05) is 24.7 Å². The average Bonchev–Trinajstić information content (AvgIpc) is 2.30. The predicted molar refractivity (Wildman–Crippen MR) is 72.1 cm³/mol. The van der Waals surface area contributed by atoms with Crippen LogP contribution in [0.5, 0.6) is 5.75 Å². The molecule has 104 valence electrons. The monoisotopic (exact) mass is 301 g/mol. The largest absolute Gasteiger partial charge is 0.749 e. The number of rotatable bonds is 2. The van der Waals surface area contributed by atoms with Crippen LogP contribution in [0.25, 0.3) is 0 Å². The first kappa shape index (κ1) is 13.4. The van der Waals surface area contributed by atoms with E-state index < -0.39 is 9.05 Å². The fourth-order valence-electron chi connectivity index (χ4n) is 2.12. The Morgan fingerprint density at radius 1 is 1.05 bits per heavy atom. The summed E-state index contributed by atoms with van der Waals surface area (Å²) < 4.78 is 23.2. The molecular weight excluding hydrogens is 286 g/mol. The molecule has 2 bridgehead atoms. The highest BCUT2D eigenvalue weighted by Gasteiger charge is 2.50. The van der Waals surface area contributed by atoms with E-state index in [2.05, 4.69) is 4.90 Å². The predicted octanol–water partition coefficient (Wildman–Crippen LogP) is 1.53. The van der Waals surface area contributed by atoms with Crippen LogP contribution >= 0.6 is 11.6 Å². The van der Waals surface area contributed by atoms with Gasteiger partial charge in [-0.2, -0.15) is 0 Å². The van der Waals surface area contributed by atoms with Crippen molar-refractivity contribution in [2.45, 2.75) is 0 Å². The van der Waals surface area contributed by atoms with Gasteiger partial charge in [-0.3, -0.25) is 4.90 Å². The van der Waals surface area contributed by atoms with Crippen molar-refractivity contribution in [2.75, 3.05) is 39.5 Å². The first-order valence-corrected chi connectivity index (χ1v) is 8.36. The minimum atomic E-state index is -3.08. The summed E-state index contributed by atoms with van der Waals surface area (Å²) in [6, 6.07) is 7.19. The Kier molecular flexibility index (Phi) is 4.06. The van der Waals surface area contributed by atoms with E-state index in [-0.39, 0.29) is 0 Å². The van der Waals surface area contributed by atoms with Crippen LogP contribution < -0.4 is 4.43 Å². The van der Waals surface area contributed by atoms with E-state index in [0.717, 1.165) is 19.6 Å². The van der Waals surface area contributed by atoms with E-state index >= 15 is 0 Å². The minimum absolute atomic E-state index is 0.562. The Hall–Kier alpha value is -0.633. The van der Waals surface area contributed by atoms with Gasteiger partial charge in [-0.1, -0.05) is 17.7 Å². The number of benzene rings is 1. The molecule has 7 heteroatoms. The molecule has 19 heavy (non-hydrogen) atoms. The van der Waals surface area contributed by atoms with Crippen LogP contribution in [0.2, 0.25) is 5.02 Å². The fraction of sp³-hybridized carbons (Fsp3) is 0.500. The number of nitrogens with zero attached hydrogens (tertiary/aromatic N) is 1. The number of hydrogen-bond acceptors (Lipinski definition) is 5. The molecule has 0 atom stereocenters. The molecule has 3 aliphatic heterocycles. The summed E-state index contributed by atoms with van der Waals surface area (Å²) in [5.41, 5.74) is 0. The van der Waals surface area contributed by atoms with Crippen molar-refractivity contribution in [3.05, 3.63) is 29.3 Å². The highest BCUT2D eigenvalue weighted by Crippen LogP contribution is 2.24. The molecule has 3 saturated heterocycles.